The lowest BCUT2D eigenvalue weighted by molar-refractivity contribution is 0.102. The molecule has 0 aliphatic heterocycles. The zero-order chi connectivity index (χ0) is 14.0. The highest BCUT2D eigenvalue weighted by Crippen LogP contribution is 2.25. The van der Waals surface area contributed by atoms with Crippen molar-refractivity contribution in [3.63, 3.8) is 0 Å². The van der Waals surface area contributed by atoms with Crippen LogP contribution in [0.3, 0.4) is 0 Å². The van der Waals surface area contributed by atoms with E-state index in [1.54, 1.807) is 0 Å². The van der Waals surface area contributed by atoms with Gasteiger partial charge in [-0.05, 0) is 18.2 Å². The second kappa shape index (κ2) is 5.63. The first-order valence-electron chi connectivity index (χ1n) is 5.04. The number of rotatable bonds is 2. The SMILES string of the molecule is O=C(Nc1c(F)cc(Br)cc1F)c1ccncc1Cl. The molecule has 0 fully saturated rings. The van der Waals surface area contributed by atoms with E-state index in [2.05, 4.69) is 26.2 Å². The minimum atomic E-state index is -0.884. The second-order valence-electron chi connectivity index (χ2n) is 3.55. The fourth-order valence-electron chi connectivity index (χ4n) is 1.40. The summed E-state index contributed by atoms with van der Waals surface area (Å²) in [6.07, 6.45) is 2.62. The molecule has 0 spiro atoms. The zero-order valence-electron chi connectivity index (χ0n) is 9.25. The maximum Gasteiger partial charge on any atom is 0.257 e. The van der Waals surface area contributed by atoms with Gasteiger partial charge in [-0.3, -0.25) is 9.78 Å². The van der Waals surface area contributed by atoms with Gasteiger partial charge >= 0.3 is 0 Å². The Labute approximate surface area is 120 Å². The van der Waals surface area contributed by atoms with E-state index in [0.29, 0.717) is 0 Å². The molecule has 0 radical (unpaired) electrons. The van der Waals surface area contributed by atoms with Gasteiger partial charge in [0.1, 0.15) is 5.69 Å². The Morgan fingerprint density at radius 3 is 2.53 bits per heavy atom. The molecule has 0 unspecified atom stereocenters. The molecular weight excluding hydrogens is 341 g/mol. The Hall–Kier alpha value is -1.53. The molecule has 3 nitrogen and oxygen atoms in total. The van der Waals surface area contributed by atoms with Crippen LogP contribution >= 0.6 is 27.5 Å². The monoisotopic (exact) mass is 346 g/mol. The highest BCUT2D eigenvalue weighted by atomic mass is 79.9. The molecular formula is C12H6BrClF2N2O. The number of amides is 1. The van der Waals surface area contributed by atoms with Crippen LogP contribution in [0.15, 0.2) is 35.1 Å². The van der Waals surface area contributed by atoms with Crippen molar-refractivity contribution in [3.8, 4) is 0 Å². The largest absolute Gasteiger partial charge is 0.317 e. The number of pyridine rings is 1. The van der Waals surface area contributed by atoms with Crippen LogP contribution in [0.1, 0.15) is 10.4 Å². The molecule has 1 amide bonds. The summed E-state index contributed by atoms with van der Waals surface area (Å²) in [7, 11) is 0. The minimum Gasteiger partial charge on any atom is -0.317 e. The number of nitrogens with zero attached hydrogens (tertiary/aromatic N) is 1. The first-order chi connectivity index (χ1) is 8.99. The molecule has 1 aromatic carbocycles. The molecule has 1 aromatic heterocycles. The van der Waals surface area contributed by atoms with Crippen LogP contribution in [0.25, 0.3) is 0 Å². The first-order valence-corrected chi connectivity index (χ1v) is 6.21. The van der Waals surface area contributed by atoms with E-state index in [0.717, 1.165) is 12.1 Å². The molecule has 0 aliphatic carbocycles. The molecule has 1 N–H and O–H groups in total. The summed E-state index contributed by atoms with van der Waals surface area (Å²) in [6, 6.07) is 3.45. The Morgan fingerprint density at radius 1 is 1.32 bits per heavy atom. The molecule has 0 saturated heterocycles. The van der Waals surface area contributed by atoms with Gasteiger partial charge in [0, 0.05) is 16.9 Å². The lowest BCUT2D eigenvalue weighted by Crippen LogP contribution is -2.15. The van der Waals surface area contributed by atoms with E-state index >= 15 is 0 Å². The van der Waals surface area contributed by atoms with Gasteiger partial charge in [0.05, 0.1) is 10.6 Å². The van der Waals surface area contributed by atoms with Gasteiger partial charge in [-0.25, -0.2) is 8.78 Å². The number of nitrogens with one attached hydrogen (secondary N) is 1. The van der Waals surface area contributed by atoms with Crippen LogP contribution < -0.4 is 5.32 Å². The first kappa shape index (κ1) is 13.9. The number of hydrogen-bond donors (Lipinski definition) is 1. The average molecular weight is 348 g/mol. The minimum absolute atomic E-state index is 0.0818. The summed E-state index contributed by atoms with van der Waals surface area (Å²) >= 11 is 8.72. The lowest BCUT2D eigenvalue weighted by Gasteiger charge is -2.08. The smallest absolute Gasteiger partial charge is 0.257 e. The van der Waals surface area contributed by atoms with Gasteiger partial charge in [-0.15, -0.1) is 0 Å². The summed E-state index contributed by atoms with van der Waals surface area (Å²) in [5, 5.41) is 2.24. The molecule has 98 valence electrons. The Kier molecular flexibility index (Phi) is 4.11. The third kappa shape index (κ3) is 3.08. The molecule has 0 saturated carbocycles. The molecule has 0 atom stereocenters. The number of carbonyl (C=O) groups excluding carboxylic acids is 1. The van der Waals surface area contributed by atoms with Crippen molar-refractivity contribution >= 4 is 39.1 Å². The lowest BCUT2D eigenvalue weighted by atomic mass is 10.2. The standard InChI is InChI=1S/C12H6BrClF2N2O/c13-6-3-9(15)11(10(16)4-6)18-12(19)7-1-2-17-5-8(7)14/h1-5H,(H,18,19). The third-order valence-corrected chi connectivity index (χ3v) is 3.02. The van der Waals surface area contributed by atoms with E-state index in [4.69, 9.17) is 11.6 Å². The highest BCUT2D eigenvalue weighted by molar-refractivity contribution is 9.10. The number of benzene rings is 1. The van der Waals surface area contributed by atoms with Gasteiger partial charge in [0.2, 0.25) is 0 Å². The average Bonchev–Trinajstić information content (AvgIpc) is 2.34. The third-order valence-electron chi connectivity index (χ3n) is 2.26. The number of halogens is 4. The van der Waals surface area contributed by atoms with Gasteiger partial charge in [-0.2, -0.15) is 0 Å². The van der Waals surface area contributed by atoms with Crippen molar-refractivity contribution in [2.45, 2.75) is 0 Å². The van der Waals surface area contributed by atoms with E-state index in [1.165, 1.54) is 18.5 Å². The van der Waals surface area contributed by atoms with E-state index in [1.807, 2.05) is 0 Å². The second-order valence-corrected chi connectivity index (χ2v) is 4.88. The van der Waals surface area contributed by atoms with E-state index in [9.17, 15) is 13.6 Å². The fraction of sp³-hybridized carbons (Fsp3) is 0. The van der Waals surface area contributed by atoms with Crippen molar-refractivity contribution in [1.29, 1.82) is 0 Å². The number of hydrogen-bond acceptors (Lipinski definition) is 2. The highest BCUT2D eigenvalue weighted by Gasteiger charge is 2.16. The van der Waals surface area contributed by atoms with Crippen molar-refractivity contribution in [3.05, 3.63) is 57.3 Å². The molecule has 19 heavy (non-hydrogen) atoms. The van der Waals surface area contributed by atoms with Crippen LogP contribution in [0.4, 0.5) is 14.5 Å². The number of aromatic nitrogens is 1. The Balaban J connectivity index is 2.32. The maximum atomic E-state index is 13.6. The van der Waals surface area contributed by atoms with E-state index in [-0.39, 0.29) is 15.1 Å². The summed E-state index contributed by atoms with van der Waals surface area (Å²) in [5.74, 6) is -2.48. The maximum absolute atomic E-state index is 13.6. The van der Waals surface area contributed by atoms with Crippen LogP contribution in [-0.4, -0.2) is 10.9 Å². The number of carbonyl (C=O) groups is 1. The topological polar surface area (TPSA) is 42.0 Å². The summed E-state index contributed by atoms with van der Waals surface area (Å²) in [6.45, 7) is 0. The normalized spacial score (nSPS) is 10.3. The van der Waals surface area contributed by atoms with Crippen molar-refractivity contribution in [1.82, 2.24) is 4.98 Å². The molecule has 7 heteroatoms. The van der Waals surface area contributed by atoms with Crippen molar-refractivity contribution < 1.29 is 13.6 Å². The Morgan fingerprint density at radius 2 is 1.95 bits per heavy atom. The van der Waals surface area contributed by atoms with Crippen LogP contribution in [0.2, 0.25) is 5.02 Å². The van der Waals surface area contributed by atoms with Crippen LogP contribution in [0.5, 0.6) is 0 Å². The summed E-state index contributed by atoms with van der Waals surface area (Å²) in [5.41, 5.74) is -0.445. The quantitative estimate of drug-likeness (QED) is 0.891. The van der Waals surface area contributed by atoms with Crippen LogP contribution in [-0.2, 0) is 0 Å². The van der Waals surface area contributed by atoms with Gasteiger partial charge in [0.15, 0.2) is 11.6 Å². The summed E-state index contributed by atoms with van der Waals surface area (Å²) in [4.78, 5) is 15.6. The molecule has 0 aliphatic rings. The molecule has 2 rings (SSSR count). The number of anilines is 1. The van der Waals surface area contributed by atoms with E-state index < -0.39 is 23.2 Å². The predicted octanol–water partition coefficient (Wildman–Crippen LogP) is 4.03. The predicted molar refractivity (Wildman–Crippen MR) is 71.3 cm³/mol. The molecule has 1 heterocycles. The van der Waals surface area contributed by atoms with Gasteiger partial charge < -0.3 is 5.32 Å². The zero-order valence-corrected chi connectivity index (χ0v) is 11.6. The van der Waals surface area contributed by atoms with Crippen molar-refractivity contribution in [2.75, 3.05) is 5.32 Å². The van der Waals surface area contributed by atoms with Gasteiger partial charge in [-0.1, -0.05) is 27.5 Å². The van der Waals surface area contributed by atoms with Crippen LogP contribution in [0, 0.1) is 11.6 Å². The summed E-state index contributed by atoms with van der Waals surface area (Å²) < 4.78 is 27.4. The van der Waals surface area contributed by atoms with Gasteiger partial charge in [0.25, 0.3) is 5.91 Å². The Bertz CT molecular complexity index is 628. The molecule has 0 bridgehead atoms. The van der Waals surface area contributed by atoms with Crippen molar-refractivity contribution in [2.24, 2.45) is 0 Å². The fourth-order valence-corrected chi connectivity index (χ4v) is 2.01. The molecule has 2 aromatic rings.